The second kappa shape index (κ2) is 6.10. The molecule has 1 aromatic carbocycles. The molecular weight excluding hydrogens is 266 g/mol. The Morgan fingerprint density at radius 3 is 2.90 bits per heavy atom. The standard InChI is InChI=1S/C16H19N3O2/c1-3-6-15-17-18-16(21-15)14-11-12-7-4-5-8-13(12)19(14)9-10-20-2/h4-5,7-8,11H,3,6,9-10H2,1-2H3. The normalized spacial score (nSPS) is 11.3. The Morgan fingerprint density at radius 2 is 2.10 bits per heavy atom. The molecule has 0 atom stereocenters. The Balaban J connectivity index is 2.06. The van der Waals surface area contributed by atoms with Crippen LogP contribution in [0.4, 0.5) is 0 Å². The average Bonchev–Trinajstić information content (AvgIpc) is 3.09. The molecule has 0 radical (unpaired) electrons. The highest BCUT2D eigenvalue weighted by atomic mass is 16.5. The molecular formula is C16H19N3O2. The van der Waals surface area contributed by atoms with Gasteiger partial charge in [-0.2, -0.15) is 0 Å². The first-order valence-electron chi connectivity index (χ1n) is 7.23. The van der Waals surface area contributed by atoms with E-state index in [1.165, 1.54) is 5.39 Å². The maximum Gasteiger partial charge on any atom is 0.264 e. The summed E-state index contributed by atoms with van der Waals surface area (Å²) in [4.78, 5) is 0. The Bertz CT molecular complexity index is 730. The van der Waals surface area contributed by atoms with Gasteiger partial charge >= 0.3 is 0 Å². The van der Waals surface area contributed by atoms with Gasteiger partial charge in [-0.1, -0.05) is 25.1 Å². The lowest BCUT2D eigenvalue weighted by Gasteiger charge is -2.07. The molecule has 110 valence electrons. The van der Waals surface area contributed by atoms with E-state index in [9.17, 15) is 0 Å². The summed E-state index contributed by atoms with van der Waals surface area (Å²) in [5, 5.41) is 9.47. The van der Waals surface area contributed by atoms with Gasteiger partial charge in [0.25, 0.3) is 5.89 Å². The van der Waals surface area contributed by atoms with Gasteiger partial charge in [-0.15, -0.1) is 10.2 Å². The average molecular weight is 285 g/mol. The first kappa shape index (κ1) is 13.8. The number of benzene rings is 1. The van der Waals surface area contributed by atoms with Crippen LogP contribution in [0.5, 0.6) is 0 Å². The molecule has 0 fully saturated rings. The zero-order valence-electron chi connectivity index (χ0n) is 12.4. The van der Waals surface area contributed by atoms with Crippen molar-refractivity contribution in [2.75, 3.05) is 13.7 Å². The molecule has 0 amide bonds. The lowest BCUT2D eigenvalue weighted by molar-refractivity contribution is 0.188. The van der Waals surface area contributed by atoms with Gasteiger partial charge in [-0.05, 0) is 18.6 Å². The number of hydrogen-bond donors (Lipinski definition) is 0. The van der Waals surface area contributed by atoms with Crippen molar-refractivity contribution in [3.05, 3.63) is 36.2 Å². The SMILES string of the molecule is CCCc1nnc(-c2cc3ccccc3n2CCOC)o1. The molecule has 3 aromatic rings. The molecule has 0 spiro atoms. The third kappa shape index (κ3) is 2.69. The van der Waals surface area contributed by atoms with Crippen molar-refractivity contribution in [2.24, 2.45) is 0 Å². The van der Waals surface area contributed by atoms with Crippen LogP contribution in [0, 0.1) is 0 Å². The second-order valence-electron chi connectivity index (χ2n) is 4.98. The fraction of sp³-hybridized carbons (Fsp3) is 0.375. The van der Waals surface area contributed by atoms with E-state index in [1.54, 1.807) is 7.11 Å². The largest absolute Gasteiger partial charge is 0.419 e. The molecule has 0 aliphatic rings. The van der Waals surface area contributed by atoms with Crippen LogP contribution >= 0.6 is 0 Å². The summed E-state index contributed by atoms with van der Waals surface area (Å²) in [5.74, 6) is 1.27. The summed E-state index contributed by atoms with van der Waals surface area (Å²) in [5.41, 5.74) is 2.10. The smallest absolute Gasteiger partial charge is 0.264 e. The number of aryl methyl sites for hydroxylation is 1. The van der Waals surface area contributed by atoms with Gasteiger partial charge in [0.2, 0.25) is 5.89 Å². The van der Waals surface area contributed by atoms with Crippen LogP contribution < -0.4 is 0 Å². The first-order valence-corrected chi connectivity index (χ1v) is 7.23. The van der Waals surface area contributed by atoms with Gasteiger partial charge in [0.1, 0.15) is 5.69 Å². The lowest BCUT2D eigenvalue weighted by Crippen LogP contribution is -2.05. The van der Waals surface area contributed by atoms with Gasteiger partial charge in [0.15, 0.2) is 0 Å². The van der Waals surface area contributed by atoms with Crippen molar-refractivity contribution < 1.29 is 9.15 Å². The maximum atomic E-state index is 5.78. The van der Waals surface area contributed by atoms with Gasteiger partial charge in [0, 0.05) is 31.0 Å². The van der Waals surface area contributed by atoms with E-state index < -0.39 is 0 Å². The summed E-state index contributed by atoms with van der Waals surface area (Å²) < 4.78 is 13.2. The van der Waals surface area contributed by atoms with Crippen LogP contribution in [0.25, 0.3) is 22.5 Å². The van der Waals surface area contributed by atoms with Crippen LogP contribution in [-0.4, -0.2) is 28.5 Å². The fourth-order valence-electron chi connectivity index (χ4n) is 2.48. The molecule has 0 saturated carbocycles. The second-order valence-corrected chi connectivity index (χ2v) is 4.98. The molecule has 5 nitrogen and oxygen atoms in total. The number of nitrogens with zero attached hydrogens (tertiary/aromatic N) is 3. The highest BCUT2D eigenvalue weighted by Gasteiger charge is 2.15. The molecule has 0 unspecified atom stereocenters. The molecule has 0 N–H and O–H groups in total. The van der Waals surface area contributed by atoms with E-state index >= 15 is 0 Å². The van der Waals surface area contributed by atoms with Crippen LogP contribution in [-0.2, 0) is 17.7 Å². The van der Waals surface area contributed by atoms with Gasteiger partial charge in [-0.3, -0.25) is 0 Å². The molecule has 0 aliphatic heterocycles. The summed E-state index contributed by atoms with van der Waals surface area (Å²) in [7, 11) is 1.71. The van der Waals surface area contributed by atoms with E-state index in [1.807, 2.05) is 12.1 Å². The topological polar surface area (TPSA) is 53.1 Å². The predicted molar refractivity (Wildman–Crippen MR) is 81.1 cm³/mol. The molecule has 2 heterocycles. The zero-order chi connectivity index (χ0) is 14.7. The van der Waals surface area contributed by atoms with E-state index in [0.29, 0.717) is 18.4 Å². The lowest BCUT2D eigenvalue weighted by atomic mass is 10.2. The van der Waals surface area contributed by atoms with Crippen molar-refractivity contribution in [3.63, 3.8) is 0 Å². The molecule has 0 aliphatic carbocycles. The third-order valence-electron chi connectivity index (χ3n) is 3.48. The van der Waals surface area contributed by atoms with Crippen LogP contribution in [0.3, 0.4) is 0 Å². The maximum absolute atomic E-state index is 5.78. The summed E-state index contributed by atoms with van der Waals surface area (Å²) in [6.45, 7) is 3.49. The van der Waals surface area contributed by atoms with Gasteiger partial charge < -0.3 is 13.7 Å². The van der Waals surface area contributed by atoms with Crippen molar-refractivity contribution in [1.82, 2.24) is 14.8 Å². The minimum Gasteiger partial charge on any atom is -0.419 e. The van der Waals surface area contributed by atoms with Gasteiger partial charge in [0.05, 0.1) is 6.61 Å². The van der Waals surface area contributed by atoms with Crippen molar-refractivity contribution >= 4 is 10.9 Å². The Kier molecular flexibility index (Phi) is 4.01. The highest BCUT2D eigenvalue weighted by Crippen LogP contribution is 2.27. The van der Waals surface area contributed by atoms with E-state index in [2.05, 4.69) is 39.9 Å². The van der Waals surface area contributed by atoms with E-state index in [4.69, 9.17) is 9.15 Å². The quantitative estimate of drug-likeness (QED) is 0.697. The number of methoxy groups -OCH3 is 1. The van der Waals surface area contributed by atoms with Crippen LogP contribution in [0.2, 0.25) is 0 Å². The number of rotatable bonds is 6. The predicted octanol–water partition coefficient (Wildman–Crippen LogP) is 3.29. The minimum absolute atomic E-state index is 0.575. The first-order chi connectivity index (χ1) is 10.3. The minimum atomic E-state index is 0.575. The Morgan fingerprint density at radius 1 is 1.24 bits per heavy atom. The van der Waals surface area contributed by atoms with E-state index in [0.717, 1.165) is 30.6 Å². The van der Waals surface area contributed by atoms with Crippen molar-refractivity contribution in [2.45, 2.75) is 26.3 Å². The highest BCUT2D eigenvalue weighted by molar-refractivity contribution is 5.85. The summed E-state index contributed by atoms with van der Waals surface area (Å²) >= 11 is 0. The van der Waals surface area contributed by atoms with Crippen LogP contribution in [0.1, 0.15) is 19.2 Å². The number of aromatic nitrogens is 3. The molecule has 5 heteroatoms. The van der Waals surface area contributed by atoms with Gasteiger partial charge in [-0.25, -0.2) is 0 Å². The third-order valence-corrected chi connectivity index (χ3v) is 3.48. The molecule has 0 bridgehead atoms. The zero-order valence-corrected chi connectivity index (χ0v) is 12.4. The number of ether oxygens (including phenoxy) is 1. The summed E-state index contributed by atoms with van der Waals surface area (Å²) in [6.07, 6.45) is 1.81. The number of para-hydroxylation sites is 1. The molecule has 2 aromatic heterocycles. The Hall–Kier alpha value is -2.14. The molecule has 0 saturated heterocycles. The number of fused-ring (bicyclic) bond motifs is 1. The van der Waals surface area contributed by atoms with Crippen molar-refractivity contribution in [3.8, 4) is 11.6 Å². The molecule has 21 heavy (non-hydrogen) atoms. The van der Waals surface area contributed by atoms with Crippen LogP contribution in [0.15, 0.2) is 34.7 Å². The monoisotopic (exact) mass is 285 g/mol. The summed E-state index contributed by atoms with van der Waals surface area (Å²) in [6, 6.07) is 10.3. The Labute approximate surface area is 123 Å². The molecule has 3 rings (SSSR count). The number of hydrogen-bond acceptors (Lipinski definition) is 4. The fourth-order valence-corrected chi connectivity index (χ4v) is 2.48. The van der Waals surface area contributed by atoms with Crippen molar-refractivity contribution in [1.29, 1.82) is 0 Å². The van der Waals surface area contributed by atoms with E-state index in [-0.39, 0.29) is 0 Å².